The highest BCUT2D eigenvalue weighted by Gasteiger charge is 2.19. The fourth-order valence-corrected chi connectivity index (χ4v) is 3.63. The maximum atomic E-state index is 5.41. The van der Waals surface area contributed by atoms with Crippen LogP contribution in [0.5, 0.6) is 17.2 Å². The molecule has 0 heterocycles. The molecule has 0 radical (unpaired) electrons. The summed E-state index contributed by atoms with van der Waals surface area (Å²) in [5, 5.41) is 6.82. The summed E-state index contributed by atoms with van der Waals surface area (Å²) in [5.74, 6) is 4.30. The molecule has 0 amide bonds. The number of guanidine groups is 1. The summed E-state index contributed by atoms with van der Waals surface area (Å²) in [6, 6.07) is 3.90. The Morgan fingerprint density at radius 2 is 1.77 bits per heavy atom. The van der Waals surface area contributed by atoms with Gasteiger partial charge in [-0.3, -0.25) is 4.99 Å². The molecule has 0 saturated heterocycles. The average molecular weight is 364 g/mol. The van der Waals surface area contributed by atoms with E-state index in [1.165, 1.54) is 25.7 Å². The van der Waals surface area contributed by atoms with Crippen molar-refractivity contribution in [3.05, 3.63) is 17.7 Å². The van der Waals surface area contributed by atoms with Gasteiger partial charge < -0.3 is 24.8 Å². The normalized spacial score (nSPS) is 20.4. The Kier molecular flexibility index (Phi) is 7.88. The molecule has 2 unspecified atom stereocenters. The third-order valence-electron chi connectivity index (χ3n) is 5.01. The van der Waals surface area contributed by atoms with Gasteiger partial charge >= 0.3 is 0 Å². The largest absolute Gasteiger partial charge is 0.493 e. The van der Waals surface area contributed by atoms with Crippen molar-refractivity contribution in [2.45, 2.75) is 39.2 Å². The van der Waals surface area contributed by atoms with Crippen LogP contribution in [0, 0.1) is 11.8 Å². The minimum atomic E-state index is 0.604. The first-order chi connectivity index (χ1) is 12.6. The first-order valence-corrected chi connectivity index (χ1v) is 9.34. The van der Waals surface area contributed by atoms with Gasteiger partial charge in [0.1, 0.15) is 0 Å². The molecule has 6 nitrogen and oxygen atoms in total. The summed E-state index contributed by atoms with van der Waals surface area (Å²) in [6.45, 7) is 3.94. The average Bonchev–Trinajstić information content (AvgIpc) is 2.67. The van der Waals surface area contributed by atoms with Gasteiger partial charge in [-0.25, -0.2) is 0 Å². The van der Waals surface area contributed by atoms with Crippen LogP contribution < -0.4 is 24.8 Å². The number of nitrogens with one attached hydrogen (secondary N) is 2. The first-order valence-electron chi connectivity index (χ1n) is 9.34. The van der Waals surface area contributed by atoms with Gasteiger partial charge in [0.25, 0.3) is 0 Å². The van der Waals surface area contributed by atoms with Gasteiger partial charge in [0.15, 0.2) is 17.5 Å². The molecule has 2 rings (SSSR count). The second-order valence-corrected chi connectivity index (χ2v) is 6.98. The second-order valence-electron chi connectivity index (χ2n) is 6.98. The van der Waals surface area contributed by atoms with Gasteiger partial charge in [-0.05, 0) is 42.4 Å². The fraction of sp³-hybridized carbons (Fsp3) is 0.650. The molecule has 2 atom stereocenters. The molecule has 26 heavy (non-hydrogen) atoms. The molecular formula is C20H33N3O3. The fourth-order valence-electron chi connectivity index (χ4n) is 3.63. The summed E-state index contributed by atoms with van der Waals surface area (Å²) < 4.78 is 16.2. The number of hydrogen-bond acceptors (Lipinski definition) is 4. The SMILES string of the molecule is CN=C(NCc1cc(OC)c(OC)c(OC)c1)NCC1CCCC(C)C1. The minimum Gasteiger partial charge on any atom is -0.493 e. The predicted molar refractivity (Wildman–Crippen MR) is 105 cm³/mol. The van der Waals surface area contributed by atoms with Gasteiger partial charge in [0.05, 0.1) is 21.3 Å². The Hall–Kier alpha value is -2.11. The molecular weight excluding hydrogens is 330 g/mol. The van der Waals surface area contributed by atoms with E-state index in [0.29, 0.717) is 23.8 Å². The molecule has 0 bridgehead atoms. The maximum Gasteiger partial charge on any atom is 0.203 e. The quantitative estimate of drug-likeness (QED) is 0.575. The van der Waals surface area contributed by atoms with E-state index < -0.39 is 0 Å². The number of hydrogen-bond donors (Lipinski definition) is 2. The summed E-state index contributed by atoms with van der Waals surface area (Å²) in [5.41, 5.74) is 1.04. The Labute approximate surface area is 157 Å². The van der Waals surface area contributed by atoms with Crippen LogP contribution in [0.2, 0.25) is 0 Å². The van der Waals surface area contributed by atoms with E-state index in [2.05, 4.69) is 22.5 Å². The van der Waals surface area contributed by atoms with Gasteiger partial charge in [-0.2, -0.15) is 0 Å². The van der Waals surface area contributed by atoms with Crippen LogP contribution in [-0.2, 0) is 6.54 Å². The molecule has 0 aliphatic heterocycles. The highest BCUT2D eigenvalue weighted by atomic mass is 16.5. The van der Waals surface area contributed by atoms with Crippen molar-refractivity contribution in [2.75, 3.05) is 34.9 Å². The number of nitrogens with zero attached hydrogens (tertiary/aromatic N) is 1. The van der Waals surface area contributed by atoms with Crippen LogP contribution >= 0.6 is 0 Å². The smallest absolute Gasteiger partial charge is 0.203 e. The molecule has 6 heteroatoms. The van der Waals surface area contributed by atoms with Crippen LogP contribution in [-0.4, -0.2) is 40.9 Å². The van der Waals surface area contributed by atoms with E-state index in [4.69, 9.17) is 14.2 Å². The number of benzene rings is 1. The molecule has 1 saturated carbocycles. The lowest BCUT2D eigenvalue weighted by Gasteiger charge is -2.27. The van der Waals surface area contributed by atoms with E-state index in [1.54, 1.807) is 28.4 Å². The molecule has 1 aliphatic rings. The molecule has 2 N–H and O–H groups in total. The minimum absolute atomic E-state index is 0.604. The van der Waals surface area contributed by atoms with Gasteiger partial charge in [0, 0.05) is 20.1 Å². The van der Waals surface area contributed by atoms with Crippen molar-refractivity contribution in [1.82, 2.24) is 10.6 Å². The number of methoxy groups -OCH3 is 3. The number of ether oxygens (including phenoxy) is 3. The van der Waals surface area contributed by atoms with E-state index in [0.717, 1.165) is 29.9 Å². The zero-order valence-corrected chi connectivity index (χ0v) is 16.7. The third kappa shape index (κ3) is 5.44. The Balaban J connectivity index is 1.93. The molecule has 146 valence electrons. The van der Waals surface area contributed by atoms with Crippen LogP contribution in [0.1, 0.15) is 38.2 Å². The molecule has 1 fully saturated rings. The lowest BCUT2D eigenvalue weighted by atomic mass is 9.82. The monoisotopic (exact) mass is 363 g/mol. The number of aliphatic imine (C=N–C) groups is 1. The highest BCUT2D eigenvalue weighted by molar-refractivity contribution is 5.79. The summed E-state index contributed by atoms with van der Waals surface area (Å²) in [4.78, 5) is 4.33. The van der Waals surface area contributed by atoms with Crippen molar-refractivity contribution >= 4 is 5.96 Å². The standard InChI is InChI=1S/C20H33N3O3/c1-14-7-6-8-15(9-14)12-22-20(21-2)23-13-16-10-17(24-3)19(26-5)18(11-16)25-4/h10-11,14-15H,6-9,12-13H2,1-5H3,(H2,21,22,23). The van der Waals surface area contributed by atoms with Crippen molar-refractivity contribution in [2.24, 2.45) is 16.8 Å². The summed E-state index contributed by atoms with van der Waals surface area (Å²) in [7, 11) is 6.66. The van der Waals surface area contributed by atoms with Gasteiger partial charge in [-0.1, -0.05) is 19.8 Å². The Morgan fingerprint density at radius 1 is 1.08 bits per heavy atom. The second kappa shape index (κ2) is 10.1. The number of rotatable bonds is 7. The van der Waals surface area contributed by atoms with Crippen LogP contribution in [0.15, 0.2) is 17.1 Å². The van der Waals surface area contributed by atoms with Crippen molar-refractivity contribution < 1.29 is 14.2 Å². The lowest BCUT2D eigenvalue weighted by molar-refractivity contribution is 0.282. The Morgan fingerprint density at radius 3 is 2.31 bits per heavy atom. The van der Waals surface area contributed by atoms with Crippen LogP contribution in [0.3, 0.4) is 0 Å². The maximum absolute atomic E-state index is 5.41. The zero-order valence-electron chi connectivity index (χ0n) is 16.7. The lowest BCUT2D eigenvalue weighted by Crippen LogP contribution is -2.40. The summed E-state index contributed by atoms with van der Waals surface area (Å²) in [6.07, 6.45) is 5.31. The molecule has 0 aromatic heterocycles. The topological polar surface area (TPSA) is 64.1 Å². The Bertz CT molecular complexity index is 579. The van der Waals surface area contributed by atoms with Crippen LogP contribution in [0.4, 0.5) is 0 Å². The van der Waals surface area contributed by atoms with E-state index in [-0.39, 0.29) is 0 Å². The third-order valence-corrected chi connectivity index (χ3v) is 5.01. The van der Waals surface area contributed by atoms with Crippen molar-refractivity contribution in [3.63, 3.8) is 0 Å². The molecule has 1 aromatic rings. The van der Waals surface area contributed by atoms with Gasteiger partial charge in [-0.15, -0.1) is 0 Å². The van der Waals surface area contributed by atoms with E-state index in [1.807, 2.05) is 12.1 Å². The summed E-state index contributed by atoms with van der Waals surface area (Å²) >= 11 is 0. The van der Waals surface area contributed by atoms with E-state index >= 15 is 0 Å². The van der Waals surface area contributed by atoms with Gasteiger partial charge in [0.2, 0.25) is 5.75 Å². The molecule has 1 aromatic carbocycles. The zero-order chi connectivity index (χ0) is 18.9. The highest BCUT2D eigenvalue weighted by Crippen LogP contribution is 2.38. The predicted octanol–water partition coefficient (Wildman–Crippen LogP) is 3.20. The van der Waals surface area contributed by atoms with Crippen molar-refractivity contribution in [3.8, 4) is 17.2 Å². The molecule has 0 spiro atoms. The van der Waals surface area contributed by atoms with Crippen molar-refractivity contribution in [1.29, 1.82) is 0 Å². The molecule has 1 aliphatic carbocycles. The first kappa shape index (κ1) is 20.2. The van der Waals surface area contributed by atoms with E-state index in [9.17, 15) is 0 Å². The van der Waals surface area contributed by atoms with Crippen LogP contribution in [0.25, 0.3) is 0 Å².